The fraction of sp³-hybridized carbons (Fsp3) is 0.320. The van der Waals surface area contributed by atoms with Crippen LogP contribution >= 0.6 is 15.9 Å². The van der Waals surface area contributed by atoms with Crippen LogP contribution in [0.2, 0.25) is 0 Å². The number of benzene rings is 2. The summed E-state index contributed by atoms with van der Waals surface area (Å²) in [7, 11) is 3.23. The topological polar surface area (TPSA) is 61.1 Å². The van der Waals surface area contributed by atoms with Gasteiger partial charge in [0.05, 0.1) is 20.3 Å². The van der Waals surface area contributed by atoms with Crippen molar-refractivity contribution in [3.63, 3.8) is 0 Å². The molecule has 168 valence electrons. The van der Waals surface area contributed by atoms with Crippen LogP contribution in [0, 0.1) is 0 Å². The van der Waals surface area contributed by atoms with Crippen molar-refractivity contribution in [3.8, 4) is 17.2 Å². The van der Waals surface area contributed by atoms with Gasteiger partial charge in [0.25, 0.3) is 5.91 Å². The Morgan fingerprint density at radius 1 is 1.09 bits per heavy atom. The molecule has 7 heteroatoms. The molecule has 2 aromatic carbocycles. The second-order valence-corrected chi connectivity index (χ2v) is 8.36. The fourth-order valence-electron chi connectivity index (χ4n) is 4.02. The average molecular weight is 500 g/mol. The van der Waals surface area contributed by atoms with Crippen LogP contribution < -0.4 is 14.2 Å². The molecule has 6 nitrogen and oxygen atoms in total. The van der Waals surface area contributed by atoms with Crippen LogP contribution in [0.1, 0.15) is 40.2 Å². The Balaban J connectivity index is 1.67. The molecule has 0 saturated carbocycles. The quantitative estimate of drug-likeness (QED) is 0.433. The van der Waals surface area contributed by atoms with Crippen molar-refractivity contribution < 1.29 is 23.4 Å². The molecule has 3 aromatic rings. The summed E-state index contributed by atoms with van der Waals surface area (Å²) in [5.41, 5.74) is 3.35. The molecule has 1 unspecified atom stereocenters. The number of methoxy groups -OCH3 is 2. The number of aryl methyl sites for hydroxylation is 1. The lowest BCUT2D eigenvalue weighted by Gasteiger charge is -2.37. The van der Waals surface area contributed by atoms with E-state index in [9.17, 15) is 4.79 Å². The molecule has 32 heavy (non-hydrogen) atoms. The summed E-state index contributed by atoms with van der Waals surface area (Å²) in [6.45, 7) is 2.97. The Bertz CT molecular complexity index is 1090. The van der Waals surface area contributed by atoms with Gasteiger partial charge in [-0.3, -0.25) is 4.79 Å². The number of hydrogen-bond donors (Lipinski definition) is 0. The number of ether oxygens (including phenoxy) is 3. The van der Waals surface area contributed by atoms with Gasteiger partial charge in [-0.1, -0.05) is 19.1 Å². The van der Waals surface area contributed by atoms with Crippen LogP contribution in [0.15, 0.2) is 57.6 Å². The Morgan fingerprint density at radius 3 is 2.44 bits per heavy atom. The minimum Gasteiger partial charge on any atom is -0.493 e. The molecule has 1 atom stereocenters. The summed E-state index contributed by atoms with van der Waals surface area (Å²) < 4.78 is 23.2. The summed E-state index contributed by atoms with van der Waals surface area (Å²) >= 11 is 3.28. The van der Waals surface area contributed by atoms with Crippen LogP contribution in [0.5, 0.6) is 17.2 Å². The maximum atomic E-state index is 13.3. The van der Waals surface area contributed by atoms with Gasteiger partial charge >= 0.3 is 0 Å². The van der Waals surface area contributed by atoms with E-state index in [1.165, 1.54) is 5.56 Å². The monoisotopic (exact) mass is 499 g/mol. The number of hydrogen-bond acceptors (Lipinski definition) is 5. The molecule has 0 aliphatic carbocycles. The summed E-state index contributed by atoms with van der Waals surface area (Å²) in [5.74, 6) is 2.18. The van der Waals surface area contributed by atoms with E-state index in [-0.39, 0.29) is 17.7 Å². The fourth-order valence-corrected chi connectivity index (χ4v) is 4.32. The van der Waals surface area contributed by atoms with Crippen LogP contribution in [-0.4, -0.2) is 38.2 Å². The van der Waals surface area contributed by atoms with Gasteiger partial charge in [0.1, 0.15) is 12.4 Å². The number of rotatable bonds is 7. The Labute approximate surface area is 196 Å². The Hall–Kier alpha value is -2.93. The molecule has 0 spiro atoms. The SMILES string of the molecule is CCc1ccc(OCC2c3cc(OC)c(OC)cc3CCN2C(=O)c2ccc(Br)o2)cc1. The normalized spacial score (nSPS) is 15.2. The van der Waals surface area contributed by atoms with Gasteiger partial charge in [0.2, 0.25) is 0 Å². The van der Waals surface area contributed by atoms with Crippen LogP contribution in [-0.2, 0) is 12.8 Å². The number of nitrogens with zero attached hydrogens (tertiary/aromatic N) is 1. The third-order valence-electron chi connectivity index (χ3n) is 5.79. The molecule has 0 radical (unpaired) electrons. The highest BCUT2D eigenvalue weighted by molar-refractivity contribution is 9.10. The number of amides is 1. The molecular weight excluding hydrogens is 474 g/mol. The highest BCUT2D eigenvalue weighted by atomic mass is 79.9. The maximum Gasteiger partial charge on any atom is 0.290 e. The van der Waals surface area contributed by atoms with Crippen molar-refractivity contribution in [3.05, 3.63) is 75.7 Å². The van der Waals surface area contributed by atoms with Crippen molar-refractivity contribution in [2.45, 2.75) is 25.8 Å². The van der Waals surface area contributed by atoms with E-state index >= 15 is 0 Å². The molecule has 1 aromatic heterocycles. The summed E-state index contributed by atoms with van der Waals surface area (Å²) in [6, 6.07) is 15.1. The summed E-state index contributed by atoms with van der Waals surface area (Å²) in [4.78, 5) is 15.1. The van der Waals surface area contributed by atoms with Gasteiger partial charge in [-0.15, -0.1) is 0 Å². The van der Waals surface area contributed by atoms with Crippen molar-refractivity contribution in [2.75, 3.05) is 27.4 Å². The number of carbonyl (C=O) groups is 1. The first kappa shape index (κ1) is 22.3. The molecule has 0 bridgehead atoms. The minimum atomic E-state index is -0.305. The predicted molar refractivity (Wildman–Crippen MR) is 125 cm³/mol. The largest absolute Gasteiger partial charge is 0.493 e. The van der Waals surface area contributed by atoms with E-state index < -0.39 is 0 Å². The first-order valence-electron chi connectivity index (χ1n) is 10.6. The standard InChI is InChI=1S/C25H26BrNO5/c1-4-16-5-7-18(8-6-16)31-15-20-19-14-23(30-3)22(29-2)13-17(19)11-12-27(20)25(28)21-9-10-24(26)32-21/h5-10,13-14,20H,4,11-12,15H2,1-3H3. The molecule has 0 fully saturated rings. The van der Waals surface area contributed by atoms with Gasteiger partial charge in [-0.25, -0.2) is 0 Å². The van der Waals surface area contributed by atoms with Crippen molar-refractivity contribution in [2.24, 2.45) is 0 Å². The van der Waals surface area contributed by atoms with E-state index in [2.05, 4.69) is 35.0 Å². The second-order valence-electron chi connectivity index (χ2n) is 7.58. The van der Waals surface area contributed by atoms with Crippen LogP contribution in [0.25, 0.3) is 0 Å². The van der Waals surface area contributed by atoms with Crippen LogP contribution in [0.3, 0.4) is 0 Å². The Kier molecular flexibility index (Phi) is 6.74. The zero-order chi connectivity index (χ0) is 22.7. The van der Waals surface area contributed by atoms with Gasteiger partial charge in [0.15, 0.2) is 21.9 Å². The number of furan rings is 1. The molecule has 0 saturated heterocycles. The van der Waals surface area contributed by atoms with E-state index in [0.29, 0.717) is 35.7 Å². The molecule has 4 rings (SSSR count). The zero-order valence-electron chi connectivity index (χ0n) is 18.4. The van der Waals surface area contributed by atoms with Gasteiger partial charge < -0.3 is 23.5 Å². The van der Waals surface area contributed by atoms with E-state index in [1.807, 2.05) is 24.3 Å². The van der Waals surface area contributed by atoms with E-state index in [0.717, 1.165) is 23.3 Å². The molecular formula is C25H26BrNO5. The summed E-state index contributed by atoms with van der Waals surface area (Å²) in [6.07, 6.45) is 1.67. The molecule has 1 aliphatic heterocycles. The average Bonchev–Trinajstić information content (AvgIpc) is 3.27. The second kappa shape index (κ2) is 9.69. The lowest BCUT2D eigenvalue weighted by atomic mass is 9.92. The van der Waals surface area contributed by atoms with Gasteiger partial charge in [0, 0.05) is 6.54 Å². The maximum absolute atomic E-state index is 13.3. The van der Waals surface area contributed by atoms with Gasteiger partial charge in [-0.2, -0.15) is 0 Å². The first-order chi connectivity index (χ1) is 15.5. The van der Waals surface area contributed by atoms with E-state index in [4.69, 9.17) is 18.6 Å². The molecule has 2 heterocycles. The lowest BCUT2D eigenvalue weighted by molar-refractivity contribution is 0.0556. The Morgan fingerprint density at radius 2 is 1.81 bits per heavy atom. The first-order valence-corrected chi connectivity index (χ1v) is 11.4. The van der Waals surface area contributed by atoms with Crippen LogP contribution in [0.4, 0.5) is 0 Å². The van der Waals surface area contributed by atoms with E-state index in [1.54, 1.807) is 31.3 Å². The minimum absolute atomic E-state index is 0.175. The van der Waals surface area contributed by atoms with Crippen molar-refractivity contribution in [1.29, 1.82) is 0 Å². The molecule has 1 amide bonds. The highest BCUT2D eigenvalue weighted by Gasteiger charge is 2.34. The number of halogens is 1. The third kappa shape index (κ3) is 4.48. The smallest absolute Gasteiger partial charge is 0.290 e. The highest BCUT2D eigenvalue weighted by Crippen LogP contribution is 2.39. The molecule has 1 aliphatic rings. The summed E-state index contributed by atoms with van der Waals surface area (Å²) in [5, 5.41) is 0. The van der Waals surface area contributed by atoms with Crippen molar-refractivity contribution in [1.82, 2.24) is 4.90 Å². The van der Waals surface area contributed by atoms with Gasteiger partial charge in [-0.05, 0) is 81.9 Å². The number of carbonyl (C=O) groups excluding carboxylic acids is 1. The third-order valence-corrected chi connectivity index (χ3v) is 6.21. The van der Waals surface area contributed by atoms with Crippen molar-refractivity contribution >= 4 is 21.8 Å². The lowest BCUT2D eigenvalue weighted by Crippen LogP contribution is -2.42. The zero-order valence-corrected chi connectivity index (χ0v) is 20.0. The predicted octanol–water partition coefficient (Wildman–Crippen LogP) is 5.44. The number of fused-ring (bicyclic) bond motifs is 1. The molecule has 0 N–H and O–H groups in total.